The summed E-state index contributed by atoms with van der Waals surface area (Å²) in [5.41, 5.74) is 0.102. The van der Waals surface area contributed by atoms with E-state index in [0.29, 0.717) is 6.42 Å². The predicted octanol–water partition coefficient (Wildman–Crippen LogP) is 4.08. The van der Waals surface area contributed by atoms with E-state index < -0.39 is 29.6 Å². The van der Waals surface area contributed by atoms with Crippen molar-refractivity contribution in [1.82, 2.24) is 20.4 Å². The Kier molecular flexibility index (Phi) is 10.7. The number of rotatable bonds is 12. The Morgan fingerprint density at radius 2 is 1.66 bits per heavy atom. The third-order valence-electron chi connectivity index (χ3n) is 7.02. The normalized spacial score (nSPS) is 13.0. The number of hydrogen-bond donors (Lipinski definition) is 3. The van der Waals surface area contributed by atoms with Gasteiger partial charge in [-0.15, -0.1) is 11.3 Å². The van der Waals surface area contributed by atoms with E-state index >= 15 is 0 Å². The monoisotopic (exact) mass is 578 g/mol. The Morgan fingerprint density at radius 1 is 0.951 bits per heavy atom. The van der Waals surface area contributed by atoms with Gasteiger partial charge >= 0.3 is 6.09 Å². The average Bonchev–Trinajstić information content (AvgIpc) is 3.45. The summed E-state index contributed by atoms with van der Waals surface area (Å²) < 4.78 is 0. The summed E-state index contributed by atoms with van der Waals surface area (Å²) in [6, 6.07) is 16.0. The van der Waals surface area contributed by atoms with Crippen molar-refractivity contribution in [3.63, 3.8) is 0 Å². The number of fused-ring (bicyclic) bond motifs is 1. The van der Waals surface area contributed by atoms with Crippen LogP contribution in [0.15, 0.2) is 72.1 Å². The minimum Gasteiger partial charge on any atom is -0.465 e. The largest absolute Gasteiger partial charge is 0.465 e. The molecular formula is C31H38N4O5S. The fourth-order valence-corrected chi connectivity index (χ4v) is 5.37. The number of carbonyl (C=O) groups is 4. The molecule has 10 heteroatoms. The maximum atomic E-state index is 14.1. The first kappa shape index (κ1) is 31.3. The molecule has 0 saturated carbocycles. The maximum Gasteiger partial charge on any atom is 0.405 e. The Balaban J connectivity index is 1.90. The summed E-state index contributed by atoms with van der Waals surface area (Å²) in [7, 11) is 4.70. The molecule has 218 valence electrons. The van der Waals surface area contributed by atoms with Gasteiger partial charge in [-0.3, -0.25) is 14.4 Å². The van der Waals surface area contributed by atoms with Gasteiger partial charge < -0.3 is 25.5 Å². The Bertz CT molecular complexity index is 1400. The van der Waals surface area contributed by atoms with Crippen LogP contribution in [0, 0.1) is 0 Å². The van der Waals surface area contributed by atoms with Crippen LogP contribution in [0.5, 0.6) is 0 Å². The molecule has 0 fully saturated rings. The van der Waals surface area contributed by atoms with Gasteiger partial charge in [0.05, 0.1) is 0 Å². The van der Waals surface area contributed by atoms with Gasteiger partial charge in [0.15, 0.2) is 0 Å². The van der Waals surface area contributed by atoms with Crippen LogP contribution in [0.25, 0.3) is 10.8 Å². The van der Waals surface area contributed by atoms with Crippen LogP contribution in [0.3, 0.4) is 0 Å². The topological polar surface area (TPSA) is 119 Å². The van der Waals surface area contributed by atoms with Gasteiger partial charge in [0.2, 0.25) is 17.7 Å². The summed E-state index contributed by atoms with van der Waals surface area (Å²) in [6.45, 7) is 3.43. The van der Waals surface area contributed by atoms with Crippen molar-refractivity contribution in [3.05, 3.63) is 82.6 Å². The van der Waals surface area contributed by atoms with Crippen molar-refractivity contribution in [3.8, 4) is 0 Å². The molecular weight excluding hydrogens is 540 g/mol. The molecule has 0 aliphatic carbocycles. The van der Waals surface area contributed by atoms with Gasteiger partial charge in [-0.05, 0) is 54.1 Å². The quantitative estimate of drug-likeness (QED) is 0.280. The van der Waals surface area contributed by atoms with Crippen LogP contribution in [0.2, 0.25) is 0 Å². The van der Waals surface area contributed by atoms with Crippen molar-refractivity contribution in [2.24, 2.45) is 0 Å². The van der Waals surface area contributed by atoms with Gasteiger partial charge in [-0.1, -0.05) is 54.6 Å². The number of benzene rings is 2. The van der Waals surface area contributed by atoms with Gasteiger partial charge in [0, 0.05) is 44.4 Å². The molecule has 1 aromatic heterocycles. The third-order valence-corrected chi connectivity index (χ3v) is 7.91. The van der Waals surface area contributed by atoms with Gasteiger partial charge in [0.25, 0.3) is 0 Å². The molecule has 3 aromatic rings. The lowest BCUT2D eigenvalue weighted by Gasteiger charge is -2.34. The molecule has 1 heterocycles. The van der Waals surface area contributed by atoms with Crippen LogP contribution in [0.1, 0.15) is 30.7 Å². The Hall–Kier alpha value is -4.18. The Morgan fingerprint density at radius 3 is 2.29 bits per heavy atom. The number of nitrogens with zero attached hydrogens (tertiary/aromatic N) is 2. The van der Waals surface area contributed by atoms with E-state index in [1.807, 2.05) is 60.0 Å². The first-order valence-electron chi connectivity index (χ1n) is 13.3. The van der Waals surface area contributed by atoms with E-state index in [0.717, 1.165) is 21.2 Å². The van der Waals surface area contributed by atoms with Crippen molar-refractivity contribution in [2.45, 2.75) is 50.7 Å². The van der Waals surface area contributed by atoms with Gasteiger partial charge in [-0.2, -0.15) is 0 Å². The van der Waals surface area contributed by atoms with Crippen LogP contribution >= 0.6 is 11.3 Å². The highest BCUT2D eigenvalue weighted by Gasteiger charge is 2.34. The maximum absolute atomic E-state index is 14.1. The van der Waals surface area contributed by atoms with Crippen LogP contribution < -0.4 is 10.6 Å². The molecule has 0 aliphatic rings. The van der Waals surface area contributed by atoms with E-state index in [1.165, 1.54) is 34.3 Å². The predicted molar refractivity (Wildman–Crippen MR) is 162 cm³/mol. The highest BCUT2D eigenvalue weighted by atomic mass is 32.1. The third kappa shape index (κ3) is 8.65. The smallest absolute Gasteiger partial charge is 0.405 e. The minimum absolute atomic E-state index is 0.246. The second-order valence-corrected chi connectivity index (χ2v) is 11.7. The van der Waals surface area contributed by atoms with E-state index in [4.69, 9.17) is 5.11 Å². The zero-order chi connectivity index (χ0) is 30.2. The second kappa shape index (κ2) is 13.9. The molecule has 0 spiro atoms. The lowest BCUT2D eigenvalue weighted by atomic mass is 9.98. The molecule has 41 heavy (non-hydrogen) atoms. The number of hydrogen-bond acceptors (Lipinski definition) is 5. The van der Waals surface area contributed by atoms with Crippen LogP contribution in [-0.4, -0.2) is 77.5 Å². The minimum atomic E-state index is -1.15. The molecule has 3 rings (SSSR count). The molecule has 9 nitrogen and oxygen atoms in total. The number of thiophene rings is 1. The summed E-state index contributed by atoms with van der Waals surface area (Å²) in [6.07, 6.45) is 2.68. The number of carboxylic acid groups (broad SMARTS) is 1. The molecule has 2 aromatic carbocycles. The van der Waals surface area contributed by atoms with Crippen molar-refractivity contribution in [1.29, 1.82) is 0 Å². The van der Waals surface area contributed by atoms with Crippen LogP contribution in [0.4, 0.5) is 4.79 Å². The second-order valence-electron chi connectivity index (χ2n) is 10.6. The molecule has 2 atom stereocenters. The molecule has 4 amide bonds. The van der Waals surface area contributed by atoms with E-state index in [9.17, 15) is 19.2 Å². The molecule has 3 N–H and O–H groups in total. The first-order chi connectivity index (χ1) is 19.4. The highest BCUT2D eigenvalue weighted by Crippen LogP contribution is 2.21. The van der Waals surface area contributed by atoms with Crippen LogP contribution in [-0.2, 0) is 27.2 Å². The molecule has 0 radical (unpaired) electrons. The Labute approximate surface area is 244 Å². The molecule has 0 bridgehead atoms. The van der Waals surface area contributed by atoms with E-state index in [2.05, 4.69) is 10.6 Å². The zero-order valence-electron chi connectivity index (χ0n) is 24.1. The van der Waals surface area contributed by atoms with Gasteiger partial charge in [0.1, 0.15) is 12.1 Å². The lowest BCUT2D eigenvalue weighted by Crippen LogP contribution is -2.55. The molecule has 0 unspecified atom stereocenters. The first-order valence-corrected chi connectivity index (χ1v) is 14.2. The van der Waals surface area contributed by atoms with E-state index in [-0.39, 0.29) is 24.7 Å². The lowest BCUT2D eigenvalue weighted by molar-refractivity contribution is -0.146. The number of amides is 4. The molecule has 0 saturated heterocycles. The fraction of sp³-hybridized carbons (Fsp3) is 0.355. The summed E-state index contributed by atoms with van der Waals surface area (Å²) >= 11 is 1.51. The number of likely N-dealkylation sites (N-methyl/N-ethyl adjacent to an activating group) is 3. The number of nitrogens with one attached hydrogen (secondary N) is 2. The van der Waals surface area contributed by atoms with Gasteiger partial charge in [-0.25, -0.2) is 4.79 Å². The van der Waals surface area contributed by atoms with Crippen molar-refractivity contribution in [2.75, 3.05) is 21.1 Å². The standard InChI is InChI=1S/C31H38N4O5S/c1-31(2,33-30(39)40)16-8-13-27(36)34(4)26(19-21-14-15-22-10-6-7-11-23(22)18-21)29(38)35(5)25(28(37)32-3)20-24-12-9-17-41-24/h6-15,17-18,25-26,33H,16,19-20H2,1-5H3,(H,32,37)(H,39,40)/t25-,26-/m1/s1. The summed E-state index contributed by atoms with van der Waals surface area (Å²) in [4.78, 5) is 55.1. The highest BCUT2D eigenvalue weighted by molar-refractivity contribution is 7.09. The van der Waals surface area contributed by atoms with E-state index in [1.54, 1.807) is 34.0 Å². The number of carbonyl (C=O) groups excluding carboxylic acids is 3. The van der Waals surface area contributed by atoms with Crippen molar-refractivity contribution >= 4 is 45.9 Å². The average molecular weight is 579 g/mol. The zero-order valence-corrected chi connectivity index (χ0v) is 24.9. The summed E-state index contributed by atoms with van der Waals surface area (Å²) in [5, 5.41) is 18.1. The van der Waals surface area contributed by atoms with Crippen molar-refractivity contribution < 1.29 is 24.3 Å². The SMILES string of the molecule is CNC(=O)[C@@H](Cc1cccs1)N(C)C(=O)[C@@H](Cc1ccc2ccccc2c1)N(C)C(=O)C=CCC(C)(C)NC(=O)O. The fourth-order valence-electron chi connectivity index (χ4n) is 4.63. The molecule has 0 aliphatic heterocycles. The summed E-state index contributed by atoms with van der Waals surface area (Å²) in [5.74, 6) is -1.06.